The first-order valence-electron chi connectivity index (χ1n) is 5.19. The van der Waals surface area contributed by atoms with Gasteiger partial charge in [-0.05, 0) is 24.6 Å². The largest absolute Gasteiger partial charge is 0.386 e. The molecular formula is C12H12BrClN2O. The molecule has 1 atom stereocenters. The van der Waals surface area contributed by atoms with Crippen LogP contribution in [-0.2, 0) is 6.54 Å². The molecule has 1 N–H and O–H groups in total. The molecule has 0 aliphatic carbocycles. The average molecular weight is 316 g/mol. The van der Waals surface area contributed by atoms with Gasteiger partial charge in [-0.3, -0.25) is 4.68 Å². The molecule has 5 heteroatoms. The van der Waals surface area contributed by atoms with Gasteiger partial charge in [0, 0.05) is 4.47 Å². The van der Waals surface area contributed by atoms with E-state index in [1.807, 2.05) is 31.2 Å². The SMILES string of the molecule is Cc1c(Cl)cnn1CC(O)c1cccc(Br)c1. The van der Waals surface area contributed by atoms with Gasteiger partial charge < -0.3 is 5.11 Å². The van der Waals surface area contributed by atoms with Crippen LogP contribution in [0, 0.1) is 6.92 Å². The zero-order valence-corrected chi connectivity index (χ0v) is 11.6. The van der Waals surface area contributed by atoms with Crippen LogP contribution >= 0.6 is 27.5 Å². The van der Waals surface area contributed by atoms with E-state index in [2.05, 4.69) is 21.0 Å². The van der Waals surface area contributed by atoms with Crippen molar-refractivity contribution in [3.05, 3.63) is 51.2 Å². The Morgan fingerprint density at radius 1 is 1.53 bits per heavy atom. The highest BCUT2D eigenvalue weighted by atomic mass is 79.9. The molecule has 0 aliphatic heterocycles. The fraction of sp³-hybridized carbons (Fsp3) is 0.250. The second-order valence-corrected chi connectivity index (χ2v) is 5.15. The minimum Gasteiger partial charge on any atom is -0.386 e. The number of halogens is 2. The monoisotopic (exact) mass is 314 g/mol. The molecule has 17 heavy (non-hydrogen) atoms. The topological polar surface area (TPSA) is 38.0 Å². The third-order valence-corrected chi connectivity index (χ3v) is 3.49. The maximum atomic E-state index is 10.1. The molecule has 1 unspecified atom stereocenters. The van der Waals surface area contributed by atoms with Crippen molar-refractivity contribution in [3.63, 3.8) is 0 Å². The highest BCUT2D eigenvalue weighted by Crippen LogP contribution is 2.21. The van der Waals surface area contributed by atoms with Crippen molar-refractivity contribution in [1.82, 2.24) is 9.78 Å². The second kappa shape index (κ2) is 5.21. The number of hydrogen-bond acceptors (Lipinski definition) is 2. The van der Waals surface area contributed by atoms with Gasteiger partial charge >= 0.3 is 0 Å². The molecule has 0 fully saturated rings. The van der Waals surface area contributed by atoms with E-state index in [0.29, 0.717) is 11.6 Å². The third-order valence-electron chi connectivity index (χ3n) is 2.62. The Labute approximate surface area is 113 Å². The van der Waals surface area contributed by atoms with Crippen LogP contribution < -0.4 is 0 Å². The van der Waals surface area contributed by atoms with Crippen LogP contribution in [0.25, 0.3) is 0 Å². The standard InChI is InChI=1S/C12H12BrClN2O/c1-8-11(14)6-15-16(8)7-12(17)9-3-2-4-10(13)5-9/h2-6,12,17H,7H2,1H3. The van der Waals surface area contributed by atoms with Crippen LogP contribution in [0.5, 0.6) is 0 Å². The molecule has 0 radical (unpaired) electrons. The molecule has 0 saturated carbocycles. The number of benzene rings is 1. The fourth-order valence-corrected chi connectivity index (χ4v) is 2.15. The average Bonchev–Trinajstić information content (AvgIpc) is 2.61. The number of aliphatic hydroxyl groups excluding tert-OH is 1. The first kappa shape index (κ1) is 12.6. The molecule has 1 aromatic carbocycles. The summed E-state index contributed by atoms with van der Waals surface area (Å²) in [6.45, 7) is 2.28. The van der Waals surface area contributed by atoms with Gasteiger partial charge in [-0.15, -0.1) is 0 Å². The van der Waals surface area contributed by atoms with Crippen LogP contribution in [0.3, 0.4) is 0 Å². The smallest absolute Gasteiger partial charge is 0.0986 e. The van der Waals surface area contributed by atoms with E-state index in [4.69, 9.17) is 11.6 Å². The van der Waals surface area contributed by atoms with Gasteiger partial charge in [0.1, 0.15) is 0 Å². The first-order chi connectivity index (χ1) is 8.08. The summed E-state index contributed by atoms with van der Waals surface area (Å²) in [6, 6.07) is 7.60. The zero-order valence-electron chi connectivity index (χ0n) is 9.27. The van der Waals surface area contributed by atoms with Gasteiger partial charge in [-0.1, -0.05) is 39.7 Å². The van der Waals surface area contributed by atoms with Gasteiger partial charge in [-0.2, -0.15) is 5.10 Å². The minimum atomic E-state index is -0.595. The van der Waals surface area contributed by atoms with Crippen LogP contribution in [0.15, 0.2) is 34.9 Å². The lowest BCUT2D eigenvalue weighted by atomic mass is 10.1. The number of aliphatic hydroxyl groups is 1. The lowest BCUT2D eigenvalue weighted by Crippen LogP contribution is -2.11. The number of rotatable bonds is 3. The van der Waals surface area contributed by atoms with E-state index in [9.17, 15) is 5.11 Å². The van der Waals surface area contributed by atoms with E-state index in [-0.39, 0.29) is 0 Å². The van der Waals surface area contributed by atoms with Gasteiger partial charge in [-0.25, -0.2) is 0 Å². The van der Waals surface area contributed by atoms with E-state index < -0.39 is 6.10 Å². The maximum absolute atomic E-state index is 10.1. The van der Waals surface area contributed by atoms with E-state index in [0.717, 1.165) is 15.7 Å². The van der Waals surface area contributed by atoms with Gasteiger partial charge in [0.2, 0.25) is 0 Å². The molecule has 1 heterocycles. The summed E-state index contributed by atoms with van der Waals surface area (Å²) in [5.41, 5.74) is 1.71. The van der Waals surface area contributed by atoms with Crippen LogP contribution in [0.1, 0.15) is 17.4 Å². The van der Waals surface area contributed by atoms with Crippen molar-refractivity contribution in [2.75, 3.05) is 0 Å². The molecule has 2 rings (SSSR count). The maximum Gasteiger partial charge on any atom is 0.0986 e. The van der Waals surface area contributed by atoms with Crippen molar-refractivity contribution < 1.29 is 5.11 Å². The normalized spacial score (nSPS) is 12.7. The van der Waals surface area contributed by atoms with Gasteiger partial charge in [0.25, 0.3) is 0 Å². The summed E-state index contributed by atoms with van der Waals surface area (Å²) in [4.78, 5) is 0. The molecule has 0 bridgehead atoms. The van der Waals surface area contributed by atoms with Crippen molar-refractivity contribution in [3.8, 4) is 0 Å². The fourth-order valence-electron chi connectivity index (χ4n) is 1.59. The van der Waals surface area contributed by atoms with E-state index in [1.165, 1.54) is 0 Å². The first-order valence-corrected chi connectivity index (χ1v) is 6.36. The Morgan fingerprint density at radius 2 is 2.29 bits per heavy atom. The van der Waals surface area contributed by atoms with Crippen LogP contribution in [0.4, 0.5) is 0 Å². The highest BCUT2D eigenvalue weighted by Gasteiger charge is 2.12. The molecular weight excluding hydrogens is 304 g/mol. The lowest BCUT2D eigenvalue weighted by Gasteiger charge is -2.12. The van der Waals surface area contributed by atoms with Crippen molar-refractivity contribution in [2.24, 2.45) is 0 Å². The number of hydrogen-bond donors (Lipinski definition) is 1. The van der Waals surface area contributed by atoms with Gasteiger partial charge in [0.15, 0.2) is 0 Å². The van der Waals surface area contributed by atoms with Crippen molar-refractivity contribution in [1.29, 1.82) is 0 Å². The Kier molecular flexibility index (Phi) is 3.86. The second-order valence-electron chi connectivity index (χ2n) is 3.83. The summed E-state index contributed by atoms with van der Waals surface area (Å²) in [6.07, 6.45) is 0.993. The summed E-state index contributed by atoms with van der Waals surface area (Å²) >= 11 is 9.29. The Balaban J connectivity index is 2.17. The summed E-state index contributed by atoms with van der Waals surface area (Å²) in [5, 5.41) is 14.8. The highest BCUT2D eigenvalue weighted by molar-refractivity contribution is 9.10. The molecule has 0 amide bonds. The molecule has 0 aliphatic rings. The number of aromatic nitrogens is 2. The lowest BCUT2D eigenvalue weighted by molar-refractivity contribution is 0.150. The Morgan fingerprint density at radius 3 is 2.88 bits per heavy atom. The zero-order chi connectivity index (χ0) is 12.4. The molecule has 0 saturated heterocycles. The third kappa shape index (κ3) is 2.89. The predicted molar refractivity (Wildman–Crippen MR) is 71.1 cm³/mol. The quantitative estimate of drug-likeness (QED) is 0.943. The molecule has 90 valence electrons. The summed E-state index contributed by atoms with van der Waals surface area (Å²) in [7, 11) is 0. The summed E-state index contributed by atoms with van der Waals surface area (Å²) in [5.74, 6) is 0. The van der Waals surface area contributed by atoms with E-state index >= 15 is 0 Å². The molecule has 1 aromatic heterocycles. The molecule has 3 nitrogen and oxygen atoms in total. The van der Waals surface area contributed by atoms with E-state index in [1.54, 1.807) is 10.9 Å². The van der Waals surface area contributed by atoms with Crippen LogP contribution in [-0.4, -0.2) is 14.9 Å². The summed E-state index contributed by atoms with van der Waals surface area (Å²) < 4.78 is 2.65. The Bertz CT molecular complexity index is 527. The molecule has 0 spiro atoms. The van der Waals surface area contributed by atoms with Crippen molar-refractivity contribution in [2.45, 2.75) is 19.6 Å². The Hall–Kier alpha value is -0.840. The molecule has 2 aromatic rings. The van der Waals surface area contributed by atoms with Crippen molar-refractivity contribution >= 4 is 27.5 Å². The van der Waals surface area contributed by atoms with Crippen LogP contribution in [0.2, 0.25) is 5.02 Å². The predicted octanol–water partition coefficient (Wildman–Crippen LogP) is 3.34. The minimum absolute atomic E-state index is 0.398. The number of nitrogens with zero attached hydrogens (tertiary/aromatic N) is 2. The van der Waals surface area contributed by atoms with Gasteiger partial charge in [0.05, 0.1) is 29.6 Å².